The van der Waals surface area contributed by atoms with Crippen molar-refractivity contribution in [3.8, 4) is 0 Å². The molecule has 1 fully saturated rings. The predicted molar refractivity (Wildman–Crippen MR) is 69.1 cm³/mol. The summed E-state index contributed by atoms with van der Waals surface area (Å²) in [6.07, 6.45) is -1.60. The Hall–Kier alpha value is -0.240. The van der Waals surface area contributed by atoms with Crippen LogP contribution in [0.25, 0.3) is 0 Å². The van der Waals surface area contributed by atoms with Crippen LogP contribution in [-0.2, 0) is 28.4 Å². The van der Waals surface area contributed by atoms with E-state index in [9.17, 15) is 0 Å². The van der Waals surface area contributed by atoms with Crippen LogP contribution < -0.4 is 0 Å². The van der Waals surface area contributed by atoms with E-state index >= 15 is 0 Å². The van der Waals surface area contributed by atoms with Crippen LogP contribution in [0, 0.1) is 0 Å². The fourth-order valence-corrected chi connectivity index (χ4v) is 2.36. The molecular weight excluding hydrogens is 252 g/mol. The fraction of sp³-hybridized carbons (Fsp3) is 1.00. The third-order valence-electron chi connectivity index (χ3n) is 3.14. The molecule has 0 bridgehead atoms. The van der Waals surface area contributed by atoms with Gasteiger partial charge in [0, 0.05) is 28.4 Å². The third kappa shape index (κ3) is 4.11. The van der Waals surface area contributed by atoms with Crippen molar-refractivity contribution in [2.75, 3.05) is 35.0 Å². The average Bonchev–Trinajstić information content (AvgIpc) is 2.37. The number of rotatable bonds is 7. The summed E-state index contributed by atoms with van der Waals surface area (Å²) in [6.45, 7) is 4.31. The molecule has 0 aromatic rings. The number of hydrogen-bond acceptors (Lipinski definition) is 6. The fourth-order valence-electron chi connectivity index (χ4n) is 2.36. The summed E-state index contributed by atoms with van der Waals surface area (Å²) in [4.78, 5) is 0. The van der Waals surface area contributed by atoms with E-state index in [1.165, 1.54) is 0 Å². The van der Waals surface area contributed by atoms with Crippen LogP contribution in [0.5, 0.6) is 0 Å². The maximum absolute atomic E-state index is 5.90. The molecule has 19 heavy (non-hydrogen) atoms. The highest BCUT2D eigenvalue weighted by Gasteiger charge is 2.47. The van der Waals surface area contributed by atoms with Gasteiger partial charge in [0.2, 0.25) is 0 Å². The van der Waals surface area contributed by atoms with Crippen LogP contribution in [0.4, 0.5) is 0 Å². The number of methoxy groups -OCH3 is 4. The second-order valence-corrected chi connectivity index (χ2v) is 4.78. The van der Waals surface area contributed by atoms with Crippen LogP contribution >= 0.6 is 0 Å². The Balaban J connectivity index is 2.88. The highest BCUT2D eigenvalue weighted by atomic mass is 16.7. The molecule has 0 aliphatic carbocycles. The van der Waals surface area contributed by atoms with Crippen molar-refractivity contribution < 1.29 is 28.4 Å². The smallest absolute Gasteiger partial charge is 0.187 e. The van der Waals surface area contributed by atoms with Gasteiger partial charge in [-0.1, -0.05) is 0 Å². The summed E-state index contributed by atoms with van der Waals surface area (Å²) in [6, 6.07) is 0. The van der Waals surface area contributed by atoms with Gasteiger partial charge >= 0.3 is 0 Å². The second kappa shape index (κ2) is 8.14. The van der Waals surface area contributed by atoms with Crippen molar-refractivity contribution in [3.05, 3.63) is 0 Å². The quantitative estimate of drug-likeness (QED) is 0.687. The first-order valence-corrected chi connectivity index (χ1v) is 6.47. The van der Waals surface area contributed by atoms with E-state index in [-0.39, 0.29) is 30.5 Å². The summed E-state index contributed by atoms with van der Waals surface area (Å²) in [5.41, 5.74) is 0. The van der Waals surface area contributed by atoms with Gasteiger partial charge in [-0.05, 0) is 13.8 Å². The van der Waals surface area contributed by atoms with Gasteiger partial charge in [-0.15, -0.1) is 0 Å². The molecule has 0 radical (unpaired) electrons. The molecule has 0 N–H and O–H groups in total. The standard InChI is InChI=1S/C13H26O6/c1-8(2)18-13-12(17-6)11(16-5)10(15-4)9(19-13)7-14-3/h8-13H,7H2,1-6H3/t9-,10-,11+,12-,13-/m1/s1. The van der Waals surface area contributed by atoms with Crippen molar-refractivity contribution in [1.29, 1.82) is 0 Å². The summed E-state index contributed by atoms with van der Waals surface area (Å²) in [5.74, 6) is 0. The molecule has 0 unspecified atom stereocenters. The minimum atomic E-state index is -0.499. The molecule has 1 aliphatic heterocycles. The van der Waals surface area contributed by atoms with E-state index in [1.54, 1.807) is 28.4 Å². The van der Waals surface area contributed by atoms with Crippen molar-refractivity contribution in [2.45, 2.75) is 50.7 Å². The summed E-state index contributed by atoms with van der Waals surface area (Å²) in [5, 5.41) is 0. The van der Waals surface area contributed by atoms with Crippen molar-refractivity contribution >= 4 is 0 Å². The monoisotopic (exact) mass is 278 g/mol. The Labute approximate surface area is 115 Å². The van der Waals surface area contributed by atoms with E-state index in [4.69, 9.17) is 28.4 Å². The Morgan fingerprint density at radius 3 is 1.89 bits per heavy atom. The molecule has 0 saturated carbocycles. The topological polar surface area (TPSA) is 55.4 Å². The minimum absolute atomic E-state index is 0.0300. The van der Waals surface area contributed by atoms with Gasteiger partial charge in [0.1, 0.15) is 24.4 Å². The normalized spacial score (nSPS) is 35.8. The maximum Gasteiger partial charge on any atom is 0.187 e. The largest absolute Gasteiger partial charge is 0.382 e. The Morgan fingerprint density at radius 2 is 1.47 bits per heavy atom. The van der Waals surface area contributed by atoms with Gasteiger partial charge in [0.25, 0.3) is 0 Å². The van der Waals surface area contributed by atoms with Crippen molar-refractivity contribution in [2.24, 2.45) is 0 Å². The summed E-state index contributed by atoms with van der Waals surface area (Å²) >= 11 is 0. The van der Waals surface area contributed by atoms with E-state index in [2.05, 4.69) is 0 Å². The molecule has 0 amide bonds. The van der Waals surface area contributed by atoms with E-state index in [0.717, 1.165) is 0 Å². The van der Waals surface area contributed by atoms with Gasteiger partial charge in [0.05, 0.1) is 12.7 Å². The summed E-state index contributed by atoms with van der Waals surface area (Å²) < 4.78 is 33.3. The number of ether oxygens (including phenoxy) is 6. The molecule has 6 nitrogen and oxygen atoms in total. The van der Waals surface area contributed by atoms with Gasteiger partial charge < -0.3 is 28.4 Å². The SMILES string of the molecule is COC[C@H]1O[C@@H](OC(C)C)[C@H](OC)[C@@H](OC)[C@@H]1OC. The maximum atomic E-state index is 5.90. The highest BCUT2D eigenvalue weighted by Crippen LogP contribution is 2.28. The molecule has 114 valence electrons. The lowest BCUT2D eigenvalue weighted by molar-refractivity contribution is -0.319. The van der Waals surface area contributed by atoms with Crippen LogP contribution in [0.1, 0.15) is 13.8 Å². The molecule has 5 atom stereocenters. The lowest BCUT2D eigenvalue weighted by Crippen LogP contribution is -2.61. The van der Waals surface area contributed by atoms with Crippen molar-refractivity contribution in [3.63, 3.8) is 0 Å². The first-order chi connectivity index (χ1) is 9.08. The molecule has 0 spiro atoms. The zero-order valence-electron chi connectivity index (χ0n) is 12.6. The molecule has 0 aromatic heterocycles. The zero-order chi connectivity index (χ0) is 14.4. The van der Waals surface area contributed by atoms with Crippen LogP contribution in [0.15, 0.2) is 0 Å². The average molecular weight is 278 g/mol. The van der Waals surface area contributed by atoms with Crippen molar-refractivity contribution in [1.82, 2.24) is 0 Å². The van der Waals surface area contributed by atoms with Crippen LogP contribution in [-0.4, -0.2) is 71.9 Å². The lowest BCUT2D eigenvalue weighted by Gasteiger charge is -2.44. The Bertz CT molecular complexity index is 247. The Morgan fingerprint density at radius 1 is 0.895 bits per heavy atom. The second-order valence-electron chi connectivity index (χ2n) is 4.78. The highest BCUT2D eigenvalue weighted by molar-refractivity contribution is 4.92. The molecule has 1 aliphatic rings. The molecular formula is C13H26O6. The van der Waals surface area contributed by atoms with Gasteiger partial charge in [-0.25, -0.2) is 0 Å². The predicted octanol–water partition coefficient (Wildman–Crippen LogP) is 0.828. The molecule has 1 rings (SSSR count). The van der Waals surface area contributed by atoms with Crippen LogP contribution in [0.3, 0.4) is 0 Å². The molecule has 0 aromatic carbocycles. The molecule has 1 saturated heterocycles. The molecule has 6 heteroatoms. The van der Waals surface area contributed by atoms with Crippen LogP contribution in [0.2, 0.25) is 0 Å². The van der Waals surface area contributed by atoms with E-state index in [0.29, 0.717) is 6.61 Å². The van der Waals surface area contributed by atoms with E-state index in [1.807, 2.05) is 13.8 Å². The van der Waals surface area contributed by atoms with Gasteiger partial charge in [-0.3, -0.25) is 0 Å². The zero-order valence-corrected chi connectivity index (χ0v) is 12.6. The van der Waals surface area contributed by atoms with Gasteiger partial charge in [0.15, 0.2) is 6.29 Å². The lowest BCUT2D eigenvalue weighted by atomic mass is 9.98. The van der Waals surface area contributed by atoms with E-state index < -0.39 is 6.29 Å². The molecule has 1 heterocycles. The third-order valence-corrected chi connectivity index (χ3v) is 3.14. The Kier molecular flexibility index (Phi) is 7.20. The van der Waals surface area contributed by atoms with Gasteiger partial charge in [-0.2, -0.15) is 0 Å². The summed E-state index contributed by atoms with van der Waals surface area (Å²) in [7, 11) is 6.49. The first-order valence-electron chi connectivity index (χ1n) is 6.47. The minimum Gasteiger partial charge on any atom is -0.382 e. The number of hydrogen-bond donors (Lipinski definition) is 0. The first kappa shape index (κ1) is 16.8.